The molecule has 1 rings (SSSR count). The normalized spacial score (nSPS) is 9.47. The van der Waals surface area contributed by atoms with Crippen LogP contribution in [0.15, 0.2) is 12.1 Å². The van der Waals surface area contributed by atoms with Crippen molar-refractivity contribution >= 4 is 17.4 Å². The molecule has 15 heavy (non-hydrogen) atoms. The fraction of sp³-hybridized carbons (Fsp3) is 0.200. The lowest BCUT2D eigenvalue weighted by atomic mass is 10.1. The molecule has 0 fully saturated rings. The predicted octanol–water partition coefficient (Wildman–Crippen LogP) is 2.13. The Bertz CT molecular complexity index is 440. The van der Waals surface area contributed by atoms with E-state index in [1.165, 1.54) is 13.2 Å². The fourth-order valence-electron chi connectivity index (χ4n) is 1.14. The molecule has 0 radical (unpaired) electrons. The Hall–Kier alpha value is -1.60. The zero-order valence-electron chi connectivity index (χ0n) is 7.88. The van der Waals surface area contributed by atoms with Crippen molar-refractivity contribution < 1.29 is 13.9 Å². The molecule has 0 amide bonds. The number of rotatable bonds is 3. The number of carbonyl (C=O) groups is 1. The highest BCUT2D eigenvalue weighted by molar-refractivity contribution is 6.30. The molecule has 5 heteroatoms. The molecule has 0 bridgehead atoms. The van der Waals surface area contributed by atoms with E-state index in [-0.39, 0.29) is 22.8 Å². The molecule has 0 atom stereocenters. The maximum absolute atomic E-state index is 13.3. The molecule has 0 aromatic heterocycles. The summed E-state index contributed by atoms with van der Waals surface area (Å²) in [6.07, 6.45) is 0. The van der Waals surface area contributed by atoms with Crippen LogP contribution in [0.25, 0.3) is 0 Å². The molecule has 0 aliphatic carbocycles. The van der Waals surface area contributed by atoms with Crippen LogP contribution in [-0.2, 0) is 0 Å². The second-order valence-corrected chi connectivity index (χ2v) is 2.97. The molecule has 0 unspecified atom stereocenters. The van der Waals surface area contributed by atoms with Crippen molar-refractivity contribution in [2.45, 2.75) is 0 Å². The van der Waals surface area contributed by atoms with Crippen molar-refractivity contribution in [2.75, 3.05) is 13.0 Å². The topological polar surface area (TPSA) is 50.1 Å². The number of carbonyl (C=O) groups excluding carboxylic acids is 1. The van der Waals surface area contributed by atoms with E-state index in [1.54, 1.807) is 6.07 Å². The van der Waals surface area contributed by atoms with Crippen LogP contribution in [0.3, 0.4) is 0 Å². The zero-order valence-corrected chi connectivity index (χ0v) is 8.64. The van der Waals surface area contributed by atoms with E-state index >= 15 is 0 Å². The molecule has 0 N–H and O–H groups in total. The van der Waals surface area contributed by atoms with Gasteiger partial charge in [0, 0.05) is 0 Å². The molecular formula is C10H7ClFNO2. The molecule has 78 valence electrons. The van der Waals surface area contributed by atoms with Gasteiger partial charge in [-0.3, -0.25) is 4.79 Å². The SMILES string of the molecule is COc1c(F)cc(C#N)cc1C(=O)CCl. The van der Waals surface area contributed by atoms with Gasteiger partial charge in [-0.2, -0.15) is 5.26 Å². The first-order chi connectivity index (χ1) is 7.13. The number of nitrogens with zero attached hydrogens (tertiary/aromatic N) is 1. The standard InChI is InChI=1S/C10H7ClFNO2/c1-15-10-7(9(14)4-11)2-6(5-13)3-8(10)12/h2-3H,4H2,1H3. The number of Topliss-reactive ketones (excluding diaryl/α,β-unsaturated/α-hetero) is 1. The largest absolute Gasteiger partial charge is 0.493 e. The molecule has 0 saturated heterocycles. The van der Waals surface area contributed by atoms with Gasteiger partial charge in [0.2, 0.25) is 0 Å². The summed E-state index contributed by atoms with van der Waals surface area (Å²) in [7, 11) is 1.25. The summed E-state index contributed by atoms with van der Waals surface area (Å²) in [6, 6.07) is 4.01. The molecule has 0 saturated carbocycles. The van der Waals surface area contributed by atoms with Crippen LogP contribution in [0.5, 0.6) is 5.75 Å². The van der Waals surface area contributed by atoms with Crippen molar-refractivity contribution in [3.05, 3.63) is 29.1 Å². The predicted molar refractivity (Wildman–Crippen MR) is 52.7 cm³/mol. The van der Waals surface area contributed by atoms with Crippen molar-refractivity contribution in [1.82, 2.24) is 0 Å². The van der Waals surface area contributed by atoms with Crippen LogP contribution in [0.1, 0.15) is 15.9 Å². The minimum Gasteiger partial charge on any atom is -0.493 e. The summed E-state index contributed by atoms with van der Waals surface area (Å²) < 4.78 is 18.1. The van der Waals surface area contributed by atoms with Crippen molar-refractivity contribution in [3.8, 4) is 11.8 Å². The first kappa shape index (κ1) is 11.5. The summed E-state index contributed by atoms with van der Waals surface area (Å²) in [5, 5.41) is 8.60. The van der Waals surface area contributed by atoms with Gasteiger partial charge >= 0.3 is 0 Å². The Morgan fingerprint density at radius 1 is 1.67 bits per heavy atom. The highest BCUT2D eigenvalue weighted by atomic mass is 35.5. The van der Waals surface area contributed by atoms with Gasteiger partial charge in [-0.1, -0.05) is 0 Å². The summed E-state index contributed by atoms with van der Waals surface area (Å²) in [6.45, 7) is 0. The summed E-state index contributed by atoms with van der Waals surface area (Å²) in [5.74, 6) is -1.70. The number of halogens is 2. The lowest BCUT2D eigenvalue weighted by molar-refractivity contribution is 0.101. The number of ketones is 1. The highest BCUT2D eigenvalue weighted by Crippen LogP contribution is 2.24. The Balaban J connectivity index is 3.40. The molecule has 0 aliphatic heterocycles. The van der Waals surface area contributed by atoms with Crippen molar-refractivity contribution in [3.63, 3.8) is 0 Å². The van der Waals surface area contributed by atoms with Crippen LogP contribution in [0.4, 0.5) is 4.39 Å². The van der Waals surface area contributed by atoms with E-state index < -0.39 is 11.6 Å². The monoisotopic (exact) mass is 227 g/mol. The number of ether oxygens (including phenoxy) is 1. The molecule has 3 nitrogen and oxygen atoms in total. The number of hydrogen-bond donors (Lipinski definition) is 0. The van der Waals surface area contributed by atoms with Gasteiger partial charge in [-0.05, 0) is 12.1 Å². The summed E-state index contributed by atoms with van der Waals surface area (Å²) in [5.41, 5.74) is 0.0471. The van der Waals surface area contributed by atoms with Crippen LogP contribution in [0, 0.1) is 17.1 Å². The van der Waals surface area contributed by atoms with Gasteiger partial charge in [0.15, 0.2) is 17.3 Å². The van der Waals surface area contributed by atoms with Crippen LogP contribution in [0.2, 0.25) is 0 Å². The lowest BCUT2D eigenvalue weighted by Gasteiger charge is -2.07. The first-order valence-electron chi connectivity index (χ1n) is 4.00. The maximum atomic E-state index is 13.3. The minimum atomic E-state index is -0.745. The number of benzene rings is 1. The first-order valence-corrected chi connectivity index (χ1v) is 4.54. The van der Waals surface area contributed by atoms with E-state index in [9.17, 15) is 9.18 Å². The van der Waals surface area contributed by atoms with E-state index in [1.807, 2.05) is 0 Å². The van der Waals surface area contributed by atoms with E-state index in [0.717, 1.165) is 6.07 Å². The number of hydrogen-bond acceptors (Lipinski definition) is 3. The van der Waals surface area contributed by atoms with Gasteiger partial charge in [-0.15, -0.1) is 11.6 Å². The minimum absolute atomic E-state index is 0.0101. The Kier molecular flexibility index (Phi) is 3.64. The smallest absolute Gasteiger partial charge is 0.181 e. The van der Waals surface area contributed by atoms with Gasteiger partial charge < -0.3 is 4.74 Å². The van der Waals surface area contributed by atoms with Crippen molar-refractivity contribution in [2.24, 2.45) is 0 Å². The van der Waals surface area contributed by atoms with Gasteiger partial charge in [0.25, 0.3) is 0 Å². The third-order valence-electron chi connectivity index (χ3n) is 1.80. The van der Waals surface area contributed by atoms with Crippen molar-refractivity contribution in [1.29, 1.82) is 5.26 Å². The van der Waals surface area contributed by atoms with Crippen LogP contribution < -0.4 is 4.74 Å². The zero-order chi connectivity index (χ0) is 11.4. The van der Waals surface area contributed by atoms with Gasteiger partial charge in [-0.25, -0.2) is 4.39 Å². The maximum Gasteiger partial charge on any atom is 0.181 e. The van der Waals surface area contributed by atoms with E-state index in [4.69, 9.17) is 21.6 Å². The van der Waals surface area contributed by atoms with E-state index in [0.29, 0.717) is 0 Å². The molecule has 0 spiro atoms. The summed E-state index contributed by atoms with van der Waals surface area (Å²) in [4.78, 5) is 11.3. The lowest BCUT2D eigenvalue weighted by Crippen LogP contribution is -2.05. The molecule has 0 aliphatic rings. The quantitative estimate of drug-likeness (QED) is 0.587. The average Bonchev–Trinajstić information content (AvgIpc) is 2.26. The summed E-state index contributed by atoms with van der Waals surface area (Å²) >= 11 is 5.35. The Labute approximate surface area is 91.0 Å². The van der Waals surface area contributed by atoms with Gasteiger partial charge in [0.05, 0.1) is 30.2 Å². The number of nitriles is 1. The Morgan fingerprint density at radius 3 is 2.80 bits per heavy atom. The van der Waals surface area contributed by atoms with Crippen LogP contribution in [-0.4, -0.2) is 18.8 Å². The fourth-order valence-corrected chi connectivity index (χ4v) is 1.29. The molecular weight excluding hydrogens is 221 g/mol. The molecule has 1 aromatic carbocycles. The third kappa shape index (κ3) is 2.25. The second-order valence-electron chi connectivity index (χ2n) is 2.71. The molecule has 0 heterocycles. The average molecular weight is 228 g/mol. The van der Waals surface area contributed by atoms with E-state index in [2.05, 4.69) is 0 Å². The number of alkyl halides is 1. The highest BCUT2D eigenvalue weighted by Gasteiger charge is 2.17. The van der Waals surface area contributed by atoms with Gasteiger partial charge in [0.1, 0.15) is 0 Å². The number of methoxy groups -OCH3 is 1. The Morgan fingerprint density at radius 2 is 2.33 bits per heavy atom. The van der Waals surface area contributed by atoms with Crippen LogP contribution >= 0.6 is 11.6 Å². The second kappa shape index (κ2) is 4.76. The molecule has 1 aromatic rings. The third-order valence-corrected chi connectivity index (χ3v) is 2.04.